The summed E-state index contributed by atoms with van der Waals surface area (Å²) in [6.07, 6.45) is 3.59. The fourth-order valence-electron chi connectivity index (χ4n) is 3.41. The number of Topliss-reactive ketones (excluding diaryl/α,β-unsaturated/α-hetero) is 2. The lowest BCUT2D eigenvalue weighted by Crippen LogP contribution is -2.24. The van der Waals surface area contributed by atoms with Crippen LogP contribution in [0.15, 0.2) is 42.6 Å². The Morgan fingerprint density at radius 1 is 1.14 bits per heavy atom. The second kappa shape index (κ2) is 8.22. The van der Waals surface area contributed by atoms with E-state index in [9.17, 15) is 14.4 Å². The first-order chi connectivity index (χ1) is 13.8. The predicted molar refractivity (Wildman–Crippen MR) is 111 cm³/mol. The van der Waals surface area contributed by atoms with E-state index in [-0.39, 0.29) is 17.3 Å². The van der Waals surface area contributed by atoms with Crippen LogP contribution in [0.1, 0.15) is 51.5 Å². The van der Waals surface area contributed by atoms with Gasteiger partial charge in [0.15, 0.2) is 11.9 Å². The van der Waals surface area contributed by atoms with Crippen LogP contribution in [-0.2, 0) is 9.53 Å². The van der Waals surface area contributed by atoms with Crippen molar-refractivity contribution in [3.8, 4) is 0 Å². The maximum atomic E-state index is 12.7. The molecule has 1 atom stereocenters. The highest BCUT2D eigenvalue weighted by molar-refractivity contribution is 6.05. The quantitative estimate of drug-likeness (QED) is 0.387. The Bertz CT molecular complexity index is 1140. The van der Waals surface area contributed by atoms with Gasteiger partial charge in [0.2, 0.25) is 5.78 Å². The summed E-state index contributed by atoms with van der Waals surface area (Å²) in [7, 11) is 0. The van der Waals surface area contributed by atoms with Crippen molar-refractivity contribution in [1.82, 2.24) is 9.97 Å². The van der Waals surface area contributed by atoms with Crippen LogP contribution < -0.4 is 0 Å². The van der Waals surface area contributed by atoms with E-state index in [4.69, 9.17) is 4.74 Å². The summed E-state index contributed by atoms with van der Waals surface area (Å²) in [4.78, 5) is 43.9. The minimum absolute atomic E-state index is 0.119. The van der Waals surface area contributed by atoms with Gasteiger partial charge in [-0.15, -0.1) is 0 Å². The molecule has 0 radical (unpaired) electrons. The molecule has 148 valence electrons. The molecule has 0 saturated carbocycles. The Kier molecular flexibility index (Phi) is 5.73. The summed E-state index contributed by atoms with van der Waals surface area (Å²) < 4.78 is 5.26. The van der Waals surface area contributed by atoms with E-state index < -0.39 is 12.1 Å². The van der Waals surface area contributed by atoms with Crippen molar-refractivity contribution in [1.29, 1.82) is 0 Å². The van der Waals surface area contributed by atoms with E-state index in [0.717, 1.165) is 16.5 Å². The van der Waals surface area contributed by atoms with Crippen molar-refractivity contribution in [3.05, 3.63) is 70.7 Å². The van der Waals surface area contributed by atoms with Gasteiger partial charge in [-0.05, 0) is 45.4 Å². The minimum atomic E-state index is -0.991. The van der Waals surface area contributed by atoms with Crippen LogP contribution in [0.4, 0.5) is 0 Å². The number of nitrogens with zero attached hydrogens (tertiary/aromatic N) is 1. The Balaban J connectivity index is 1.74. The summed E-state index contributed by atoms with van der Waals surface area (Å²) in [5.41, 5.74) is 3.53. The molecule has 1 unspecified atom stereocenters. The number of esters is 1. The Labute approximate surface area is 168 Å². The first-order valence-corrected chi connectivity index (χ1v) is 9.26. The van der Waals surface area contributed by atoms with Crippen LogP contribution in [-0.4, -0.2) is 33.6 Å². The molecule has 0 spiro atoms. The maximum absolute atomic E-state index is 12.7. The number of aromatic nitrogens is 2. The van der Waals surface area contributed by atoms with Crippen molar-refractivity contribution >= 4 is 34.5 Å². The third-order valence-electron chi connectivity index (χ3n) is 4.76. The van der Waals surface area contributed by atoms with E-state index >= 15 is 0 Å². The standard InChI is InChI=1S/C23H22N2O4/c1-13-20(15(3)26)14(2)25-21(13)23(28)16(4)29-19(27)11-10-18-8-5-7-17-9-6-12-24-22(17)18/h5-12,16,25H,1-4H3/b11-10+. The normalized spacial score (nSPS) is 12.3. The number of hydrogen-bond acceptors (Lipinski definition) is 5. The van der Waals surface area contributed by atoms with Gasteiger partial charge in [-0.3, -0.25) is 14.6 Å². The number of aryl methyl sites for hydroxylation is 1. The smallest absolute Gasteiger partial charge is 0.331 e. The van der Waals surface area contributed by atoms with Crippen molar-refractivity contribution in [2.24, 2.45) is 0 Å². The third kappa shape index (κ3) is 4.16. The lowest BCUT2D eigenvalue weighted by atomic mass is 10.0. The first-order valence-electron chi connectivity index (χ1n) is 9.26. The molecule has 3 aromatic rings. The molecule has 2 aromatic heterocycles. The second-order valence-electron chi connectivity index (χ2n) is 6.88. The number of pyridine rings is 1. The number of carbonyl (C=O) groups excluding carboxylic acids is 3. The van der Waals surface area contributed by atoms with Crippen molar-refractivity contribution in [3.63, 3.8) is 0 Å². The maximum Gasteiger partial charge on any atom is 0.331 e. The average Bonchev–Trinajstić information content (AvgIpc) is 2.99. The average molecular weight is 390 g/mol. The molecule has 1 aromatic carbocycles. The van der Waals surface area contributed by atoms with Crippen molar-refractivity contribution in [2.45, 2.75) is 33.8 Å². The van der Waals surface area contributed by atoms with Gasteiger partial charge in [0.1, 0.15) is 0 Å². The van der Waals surface area contributed by atoms with E-state index in [0.29, 0.717) is 16.8 Å². The number of carbonyl (C=O) groups is 3. The largest absolute Gasteiger partial charge is 0.451 e. The number of aromatic amines is 1. The molecule has 6 nitrogen and oxygen atoms in total. The van der Waals surface area contributed by atoms with Crippen LogP contribution >= 0.6 is 0 Å². The molecule has 0 fully saturated rings. The van der Waals surface area contributed by atoms with Gasteiger partial charge in [0.05, 0.1) is 11.2 Å². The van der Waals surface area contributed by atoms with Crippen molar-refractivity contribution in [2.75, 3.05) is 0 Å². The van der Waals surface area contributed by atoms with Crippen LogP contribution in [0.2, 0.25) is 0 Å². The Hall–Kier alpha value is -3.54. The molecule has 2 heterocycles. The molecule has 3 rings (SSSR count). The number of para-hydroxylation sites is 1. The fourth-order valence-corrected chi connectivity index (χ4v) is 3.41. The number of fused-ring (bicyclic) bond motifs is 1. The molecule has 0 aliphatic rings. The Morgan fingerprint density at radius 2 is 1.86 bits per heavy atom. The third-order valence-corrected chi connectivity index (χ3v) is 4.76. The monoisotopic (exact) mass is 390 g/mol. The molecule has 0 saturated heterocycles. The number of nitrogens with one attached hydrogen (secondary N) is 1. The van der Waals surface area contributed by atoms with Crippen LogP contribution in [0.5, 0.6) is 0 Å². The molecule has 0 bridgehead atoms. The summed E-state index contributed by atoms with van der Waals surface area (Å²) in [6, 6.07) is 9.45. The van der Waals surface area contributed by atoms with E-state index in [2.05, 4.69) is 9.97 Å². The Morgan fingerprint density at radius 3 is 2.55 bits per heavy atom. The molecule has 1 N–H and O–H groups in total. The first kappa shape index (κ1) is 20.2. The molecular formula is C23H22N2O4. The second-order valence-corrected chi connectivity index (χ2v) is 6.88. The zero-order valence-electron chi connectivity index (χ0n) is 16.8. The minimum Gasteiger partial charge on any atom is -0.451 e. The van der Waals surface area contributed by atoms with E-state index in [1.165, 1.54) is 19.9 Å². The van der Waals surface area contributed by atoms with Crippen molar-refractivity contribution < 1.29 is 19.1 Å². The van der Waals surface area contributed by atoms with Crippen LogP contribution in [0.3, 0.4) is 0 Å². The SMILES string of the molecule is CC(=O)c1c(C)[nH]c(C(=O)C(C)OC(=O)/C=C/c2cccc3cccnc23)c1C. The van der Waals surface area contributed by atoms with Gasteiger partial charge in [-0.1, -0.05) is 24.3 Å². The van der Waals surface area contributed by atoms with E-state index in [1.807, 2.05) is 30.3 Å². The highest BCUT2D eigenvalue weighted by Crippen LogP contribution is 2.21. The van der Waals surface area contributed by atoms with Crippen LogP contribution in [0.25, 0.3) is 17.0 Å². The highest BCUT2D eigenvalue weighted by atomic mass is 16.5. The molecule has 6 heteroatoms. The van der Waals surface area contributed by atoms with Gasteiger partial charge in [-0.2, -0.15) is 0 Å². The number of ketones is 2. The van der Waals surface area contributed by atoms with Gasteiger partial charge in [0.25, 0.3) is 0 Å². The molecule has 0 amide bonds. The number of H-pyrrole nitrogens is 1. The van der Waals surface area contributed by atoms with Gasteiger partial charge in [0, 0.05) is 34.5 Å². The number of ether oxygens (including phenoxy) is 1. The van der Waals surface area contributed by atoms with Gasteiger partial charge < -0.3 is 9.72 Å². The van der Waals surface area contributed by atoms with Gasteiger partial charge >= 0.3 is 5.97 Å². The topological polar surface area (TPSA) is 89.1 Å². The number of benzene rings is 1. The van der Waals surface area contributed by atoms with Crippen LogP contribution in [0, 0.1) is 13.8 Å². The lowest BCUT2D eigenvalue weighted by molar-refractivity contribution is -0.140. The molecule has 29 heavy (non-hydrogen) atoms. The van der Waals surface area contributed by atoms with Gasteiger partial charge in [-0.25, -0.2) is 4.79 Å². The fraction of sp³-hybridized carbons (Fsp3) is 0.217. The summed E-state index contributed by atoms with van der Waals surface area (Å²) >= 11 is 0. The predicted octanol–water partition coefficient (Wildman–Crippen LogP) is 4.21. The number of hydrogen-bond donors (Lipinski definition) is 1. The molecule has 0 aliphatic carbocycles. The summed E-state index contributed by atoms with van der Waals surface area (Å²) in [6.45, 7) is 6.40. The van der Waals surface area contributed by atoms with E-state index in [1.54, 1.807) is 26.1 Å². The molecule has 0 aliphatic heterocycles. The lowest BCUT2D eigenvalue weighted by Gasteiger charge is -2.10. The summed E-state index contributed by atoms with van der Waals surface area (Å²) in [5, 5.41) is 0.963. The number of rotatable bonds is 6. The highest BCUT2D eigenvalue weighted by Gasteiger charge is 2.25. The molecular weight excluding hydrogens is 368 g/mol. The zero-order valence-corrected chi connectivity index (χ0v) is 16.8. The summed E-state index contributed by atoms with van der Waals surface area (Å²) in [5.74, 6) is -1.13. The zero-order chi connectivity index (χ0) is 21.1.